The number of fused-ring (bicyclic) bond motifs is 2. The number of aromatic nitrogens is 5. The van der Waals surface area contributed by atoms with E-state index in [9.17, 15) is 4.39 Å². The molecule has 0 spiro atoms. The summed E-state index contributed by atoms with van der Waals surface area (Å²) in [6.45, 7) is 5.92. The molecule has 0 unspecified atom stereocenters. The first kappa shape index (κ1) is 22.3. The van der Waals surface area contributed by atoms with Crippen LogP contribution in [0, 0.1) is 5.82 Å². The SMILES string of the molecule is C=C/C(=C\C(=C/C)c1cnc2n[nH]c(-c3cc4c(-c5ccc(F)cc5)nccc4[nH]3)c2c1)N(C)C. The van der Waals surface area contributed by atoms with Crippen LogP contribution in [0.4, 0.5) is 4.39 Å². The highest BCUT2D eigenvalue weighted by Crippen LogP contribution is 2.33. The zero-order valence-corrected chi connectivity index (χ0v) is 19.8. The van der Waals surface area contributed by atoms with E-state index in [1.165, 1.54) is 12.1 Å². The van der Waals surface area contributed by atoms with E-state index in [2.05, 4.69) is 49.9 Å². The van der Waals surface area contributed by atoms with Gasteiger partial charge in [0.15, 0.2) is 5.65 Å². The van der Waals surface area contributed by atoms with Crippen LogP contribution in [-0.2, 0) is 0 Å². The monoisotopic (exact) mass is 464 g/mol. The fourth-order valence-electron chi connectivity index (χ4n) is 4.15. The Hall–Kier alpha value is -4.52. The average molecular weight is 465 g/mol. The molecule has 0 amide bonds. The Morgan fingerprint density at radius 2 is 1.86 bits per heavy atom. The summed E-state index contributed by atoms with van der Waals surface area (Å²) in [6.07, 6.45) is 9.55. The first-order valence-electron chi connectivity index (χ1n) is 11.2. The van der Waals surface area contributed by atoms with Gasteiger partial charge in [-0.25, -0.2) is 9.37 Å². The van der Waals surface area contributed by atoms with Crippen molar-refractivity contribution in [3.05, 3.63) is 96.7 Å². The van der Waals surface area contributed by atoms with Gasteiger partial charge in [0.25, 0.3) is 0 Å². The predicted octanol–water partition coefficient (Wildman–Crippen LogP) is 6.34. The first-order chi connectivity index (χ1) is 17.0. The molecule has 0 aliphatic carbocycles. The van der Waals surface area contributed by atoms with Gasteiger partial charge in [-0.05, 0) is 67.1 Å². The Morgan fingerprint density at radius 1 is 1.06 bits per heavy atom. The predicted molar refractivity (Wildman–Crippen MR) is 140 cm³/mol. The molecule has 0 aliphatic rings. The molecule has 4 heterocycles. The minimum atomic E-state index is -0.274. The van der Waals surface area contributed by atoms with Crippen molar-refractivity contribution in [3.63, 3.8) is 0 Å². The maximum absolute atomic E-state index is 13.4. The zero-order chi connectivity index (χ0) is 24.5. The van der Waals surface area contributed by atoms with Gasteiger partial charge >= 0.3 is 0 Å². The number of halogens is 1. The quantitative estimate of drug-likeness (QED) is 0.288. The van der Waals surface area contributed by atoms with Crippen LogP contribution in [0.2, 0.25) is 0 Å². The molecule has 0 bridgehead atoms. The Balaban J connectivity index is 1.61. The molecule has 0 saturated heterocycles. The van der Waals surface area contributed by atoms with Crippen molar-refractivity contribution in [1.29, 1.82) is 0 Å². The molecule has 4 aromatic heterocycles. The molecule has 5 rings (SSSR count). The lowest BCUT2D eigenvalue weighted by molar-refractivity contribution is 0.530. The van der Waals surface area contributed by atoms with E-state index in [1.54, 1.807) is 18.3 Å². The van der Waals surface area contributed by atoms with Crippen LogP contribution in [0.25, 0.3) is 50.2 Å². The average Bonchev–Trinajstić information content (AvgIpc) is 3.48. The summed E-state index contributed by atoms with van der Waals surface area (Å²) in [5.74, 6) is -0.274. The Bertz CT molecular complexity index is 1600. The van der Waals surface area contributed by atoms with E-state index in [4.69, 9.17) is 0 Å². The minimum absolute atomic E-state index is 0.274. The van der Waals surface area contributed by atoms with Crippen LogP contribution in [0.5, 0.6) is 0 Å². The van der Waals surface area contributed by atoms with E-state index in [0.717, 1.165) is 55.8 Å². The van der Waals surface area contributed by atoms with Gasteiger partial charge in [0, 0.05) is 59.6 Å². The third-order valence-electron chi connectivity index (χ3n) is 6.02. The molecule has 174 valence electrons. The highest BCUT2D eigenvalue weighted by atomic mass is 19.1. The summed E-state index contributed by atoms with van der Waals surface area (Å²) >= 11 is 0. The number of pyridine rings is 2. The van der Waals surface area contributed by atoms with Gasteiger partial charge in [0.05, 0.1) is 17.1 Å². The summed E-state index contributed by atoms with van der Waals surface area (Å²) in [6, 6.07) is 12.4. The second-order valence-corrected chi connectivity index (χ2v) is 8.42. The van der Waals surface area contributed by atoms with Crippen molar-refractivity contribution in [2.24, 2.45) is 0 Å². The van der Waals surface area contributed by atoms with Crippen LogP contribution >= 0.6 is 0 Å². The van der Waals surface area contributed by atoms with Crippen LogP contribution < -0.4 is 0 Å². The molecule has 7 heteroatoms. The summed E-state index contributed by atoms with van der Waals surface area (Å²) < 4.78 is 13.4. The Morgan fingerprint density at radius 3 is 2.57 bits per heavy atom. The van der Waals surface area contributed by atoms with Crippen molar-refractivity contribution < 1.29 is 4.39 Å². The number of likely N-dealkylation sites (N-methyl/N-ethyl adjacent to an activating group) is 1. The molecular formula is C28H25FN6. The van der Waals surface area contributed by atoms with Crippen LogP contribution in [0.3, 0.4) is 0 Å². The summed E-state index contributed by atoms with van der Waals surface area (Å²) in [5.41, 5.74) is 7.93. The van der Waals surface area contributed by atoms with E-state index >= 15 is 0 Å². The van der Waals surface area contributed by atoms with Crippen molar-refractivity contribution in [2.45, 2.75) is 6.92 Å². The van der Waals surface area contributed by atoms with Gasteiger partial charge in [-0.15, -0.1) is 0 Å². The number of nitrogens with one attached hydrogen (secondary N) is 2. The number of hydrogen-bond acceptors (Lipinski definition) is 4. The molecule has 0 saturated carbocycles. The third-order valence-corrected chi connectivity index (χ3v) is 6.02. The second-order valence-electron chi connectivity index (χ2n) is 8.42. The van der Waals surface area contributed by atoms with Gasteiger partial charge in [0.2, 0.25) is 0 Å². The fraction of sp³-hybridized carbons (Fsp3) is 0.107. The number of allylic oxidation sites excluding steroid dienone is 4. The summed E-state index contributed by atoms with van der Waals surface area (Å²) in [7, 11) is 3.97. The van der Waals surface area contributed by atoms with Crippen LogP contribution in [-0.4, -0.2) is 44.1 Å². The maximum atomic E-state index is 13.4. The molecule has 2 N–H and O–H groups in total. The Labute approximate surface area is 202 Å². The molecule has 1 aromatic carbocycles. The highest BCUT2D eigenvalue weighted by Gasteiger charge is 2.15. The van der Waals surface area contributed by atoms with E-state index in [1.807, 2.05) is 50.3 Å². The number of nitrogens with zero attached hydrogens (tertiary/aromatic N) is 4. The fourth-order valence-corrected chi connectivity index (χ4v) is 4.15. The van der Waals surface area contributed by atoms with Gasteiger partial charge < -0.3 is 9.88 Å². The summed E-state index contributed by atoms with van der Waals surface area (Å²) in [5, 5.41) is 9.40. The number of H-pyrrole nitrogens is 2. The standard InChI is InChI=1S/C28H25FN6/c1-5-17(13-21(6-2)35(3)4)19-14-23-27(33-34-28(23)31-16-19)25-15-22-24(32-25)11-12-30-26(22)18-7-9-20(29)10-8-18/h5-16,32H,2H2,1,3-4H3,(H,31,33,34)/b17-5+,21-13+. The number of benzene rings is 1. The smallest absolute Gasteiger partial charge is 0.181 e. The molecule has 0 atom stereocenters. The second kappa shape index (κ2) is 9.02. The highest BCUT2D eigenvalue weighted by molar-refractivity contribution is 5.99. The third kappa shape index (κ3) is 4.12. The van der Waals surface area contributed by atoms with Crippen LogP contribution in [0.1, 0.15) is 12.5 Å². The van der Waals surface area contributed by atoms with Gasteiger partial charge in [-0.1, -0.05) is 12.7 Å². The van der Waals surface area contributed by atoms with E-state index < -0.39 is 0 Å². The van der Waals surface area contributed by atoms with Crippen molar-refractivity contribution in [1.82, 2.24) is 30.0 Å². The molecular weight excluding hydrogens is 439 g/mol. The molecule has 0 radical (unpaired) electrons. The Kier molecular flexibility index (Phi) is 5.74. The van der Waals surface area contributed by atoms with Crippen molar-refractivity contribution >= 4 is 27.5 Å². The first-order valence-corrected chi connectivity index (χ1v) is 11.2. The maximum Gasteiger partial charge on any atom is 0.181 e. The molecule has 6 nitrogen and oxygen atoms in total. The van der Waals surface area contributed by atoms with Gasteiger partial charge in [-0.3, -0.25) is 10.1 Å². The summed E-state index contributed by atoms with van der Waals surface area (Å²) in [4.78, 5) is 14.6. The largest absolute Gasteiger partial charge is 0.378 e. The lowest BCUT2D eigenvalue weighted by Crippen LogP contribution is -2.09. The molecule has 0 fully saturated rings. The van der Waals surface area contributed by atoms with Crippen molar-refractivity contribution in [2.75, 3.05) is 14.1 Å². The van der Waals surface area contributed by atoms with Gasteiger partial charge in [0.1, 0.15) is 5.82 Å². The van der Waals surface area contributed by atoms with E-state index in [-0.39, 0.29) is 5.82 Å². The van der Waals surface area contributed by atoms with Gasteiger partial charge in [-0.2, -0.15) is 5.10 Å². The van der Waals surface area contributed by atoms with E-state index in [0.29, 0.717) is 5.65 Å². The molecule has 35 heavy (non-hydrogen) atoms. The normalized spacial score (nSPS) is 12.5. The van der Waals surface area contributed by atoms with Crippen molar-refractivity contribution in [3.8, 4) is 22.6 Å². The van der Waals surface area contributed by atoms with Crippen LogP contribution in [0.15, 0.2) is 85.4 Å². The lowest BCUT2D eigenvalue weighted by atomic mass is 10.0. The lowest BCUT2D eigenvalue weighted by Gasteiger charge is -2.14. The number of rotatable bonds is 6. The molecule has 5 aromatic rings. The molecule has 0 aliphatic heterocycles. The topological polar surface area (TPSA) is 73.5 Å². The number of hydrogen-bond donors (Lipinski definition) is 2. The number of aromatic amines is 2. The zero-order valence-electron chi connectivity index (χ0n) is 19.8. The minimum Gasteiger partial charge on any atom is -0.378 e.